The summed E-state index contributed by atoms with van der Waals surface area (Å²) in [5.74, 6) is -0.411. The summed E-state index contributed by atoms with van der Waals surface area (Å²) in [5.41, 5.74) is 1.03. The number of nitro benzene ring substituents is 1. The maximum absolute atomic E-state index is 12.9. The molecule has 2 aromatic carbocycles. The van der Waals surface area contributed by atoms with E-state index in [1.54, 1.807) is 0 Å². The minimum atomic E-state index is -0.532. The molecule has 4 nitrogen and oxygen atoms in total. The first kappa shape index (κ1) is 14.9. The first-order valence-corrected chi connectivity index (χ1v) is 6.26. The van der Waals surface area contributed by atoms with Gasteiger partial charge in [-0.3, -0.25) is 14.9 Å². The van der Waals surface area contributed by atoms with Crippen LogP contribution in [0.4, 0.5) is 10.1 Å². The van der Waals surface area contributed by atoms with Crippen LogP contribution < -0.4 is 0 Å². The normalized spacial score (nSPS) is 11.7. The number of nitro groups is 1. The summed E-state index contributed by atoms with van der Waals surface area (Å²) >= 11 is 6.15. The van der Waals surface area contributed by atoms with Crippen LogP contribution >= 0.6 is 11.6 Å². The van der Waals surface area contributed by atoms with Crippen molar-refractivity contribution in [3.05, 3.63) is 75.6 Å². The number of hydrogen-bond acceptors (Lipinski definition) is 3. The third kappa shape index (κ3) is 3.32. The van der Waals surface area contributed by atoms with E-state index >= 15 is 0 Å². The molecule has 0 saturated carbocycles. The van der Waals surface area contributed by atoms with Crippen molar-refractivity contribution in [1.82, 2.24) is 0 Å². The van der Waals surface area contributed by atoms with Crippen molar-refractivity contribution in [1.29, 1.82) is 0 Å². The lowest BCUT2D eigenvalue weighted by molar-refractivity contribution is -0.384. The Morgan fingerprint density at radius 1 is 1.05 bits per heavy atom. The molecule has 2 rings (SSSR count). The van der Waals surface area contributed by atoms with Crippen LogP contribution in [0, 0.1) is 15.9 Å². The first-order valence-electron chi connectivity index (χ1n) is 5.88. The maximum Gasteiger partial charge on any atom is 0.269 e. The molecule has 0 aromatic heterocycles. The molecule has 0 atom stereocenters. The average molecular weight is 306 g/mol. The molecule has 106 valence electrons. The Kier molecular flexibility index (Phi) is 4.45. The van der Waals surface area contributed by atoms with Crippen molar-refractivity contribution in [2.45, 2.75) is 0 Å². The van der Waals surface area contributed by atoms with Crippen LogP contribution in [0.3, 0.4) is 0 Å². The summed E-state index contributed by atoms with van der Waals surface area (Å²) in [5, 5.41) is 10.8. The van der Waals surface area contributed by atoms with Gasteiger partial charge in [0.2, 0.25) is 0 Å². The number of allylic oxidation sites excluding steroid dienone is 1. The monoisotopic (exact) mass is 305 g/mol. The number of hydrogen-bond donors (Lipinski definition) is 0. The van der Waals surface area contributed by atoms with Crippen LogP contribution in [0.1, 0.15) is 11.1 Å². The molecule has 0 fully saturated rings. The van der Waals surface area contributed by atoms with Crippen molar-refractivity contribution in [2.24, 2.45) is 0 Å². The molecule has 0 amide bonds. The van der Waals surface area contributed by atoms with Crippen molar-refractivity contribution >= 4 is 34.2 Å². The van der Waals surface area contributed by atoms with E-state index in [0.717, 1.165) is 0 Å². The maximum atomic E-state index is 12.9. The molecule has 0 aliphatic heterocycles. The van der Waals surface area contributed by atoms with Crippen LogP contribution in [0.5, 0.6) is 0 Å². The third-order valence-electron chi connectivity index (χ3n) is 2.84. The highest BCUT2D eigenvalue weighted by atomic mass is 35.5. The third-order valence-corrected chi connectivity index (χ3v) is 3.26. The topological polar surface area (TPSA) is 60.2 Å². The van der Waals surface area contributed by atoms with Gasteiger partial charge in [-0.05, 0) is 35.4 Å². The summed E-state index contributed by atoms with van der Waals surface area (Å²) < 4.78 is 12.9. The molecule has 0 unspecified atom stereocenters. The van der Waals surface area contributed by atoms with E-state index < -0.39 is 10.7 Å². The van der Waals surface area contributed by atoms with Gasteiger partial charge >= 0.3 is 0 Å². The van der Waals surface area contributed by atoms with Crippen LogP contribution in [-0.2, 0) is 4.79 Å². The molecular weight excluding hydrogens is 297 g/mol. The number of aldehydes is 1. The number of benzene rings is 2. The number of halogens is 2. The van der Waals surface area contributed by atoms with Gasteiger partial charge < -0.3 is 0 Å². The van der Waals surface area contributed by atoms with Gasteiger partial charge in [0.1, 0.15) is 5.82 Å². The summed E-state index contributed by atoms with van der Waals surface area (Å²) in [7, 11) is 0. The van der Waals surface area contributed by atoms with Crippen LogP contribution in [-0.4, -0.2) is 11.2 Å². The van der Waals surface area contributed by atoms with Gasteiger partial charge in [0, 0.05) is 17.7 Å². The van der Waals surface area contributed by atoms with Crippen molar-refractivity contribution in [2.75, 3.05) is 0 Å². The highest BCUT2D eigenvalue weighted by Crippen LogP contribution is 2.29. The fourth-order valence-electron chi connectivity index (χ4n) is 1.76. The Hall–Kier alpha value is -2.53. The van der Waals surface area contributed by atoms with E-state index in [4.69, 9.17) is 11.6 Å². The zero-order chi connectivity index (χ0) is 15.4. The molecule has 6 heteroatoms. The number of nitrogens with zero attached hydrogens (tertiary/aromatic N) is 1. The molecule has 21 heavy (non-hydrogen) atoms. The minimum Gasteiger partial charge on any atom is -0.298 e. The Balaban J connectivity index is 2.46. The molecule has 0 heterocycles. The highest BCUT2D eigenvalue weighted by Gasteiger charge is 2.11. The Morgan fingerprint density at radius 2 is 1.57 bits per heavy atom. The lowest BCUT2D eigenvalue weighted by Crippen LogP contribution is -1.92. The molecule has 2 aromatic rings. The molecule has 0 spiro atoms. The van der Waals surface area contributed by atoms with Gasteiger partial charge in [-0.15, -0.1) is 0 Å². The van der Waals surface area contributed by atoms with Gasteiger partial charge in [-0.2, -0.15) is 0 Å². The second-order valence-corrected chi connectivity index (χ2v) is 4.53. The molecule has 0 aliphatic carbocycles. The smallest absolute Gasteiger partial charge is 0.269 e. The zero-order valence-corrected chi connectivity index (χ0v) is 11.4. The van der Waals surface area contributed by atoms with Crippen LogP contribution in [0.15, 0.2) is 48.5 Å². The van der Waals surface area contributed by atoms with Gasteiger partial charge in [0.25, 0.3) is 5.69 Å². The van der Waals surface area contributed by atoms with Gasteiger partial charge in [0.05, 0.1) is 9.96 Å². The first-order chi connectivity index (χ1) is 10.0. The Bertz CT molecular complexity index is 709. The van der Waals surface area contributed by atoms with E-state index in [-0.39, 0.29) is 16.3 Å². The van der Waals surface area contributed by atoms with Crippen LogP contribution in [0.2, 0.25) is 0 Å². The van der Waals surface area contributed by atoms with Gasteiger partial charge in [-0.1, -0.05) is 23.7 Å². The van der Waals surface area contributed by atoms with E-state index in [0.29, 0.717) is 17.4 Å². The second kappa shape index (κ2) is 6.28. The predicted octanol–water partition coefficient (Wildman–Crippen LogP) is 4.04. The standard InChI is InChI=1S/C15H9ClFNO3/c16-15(11-1-5-12(17)6-2-11)14(9-19)10-3-7-13(8-4-10)18(20)21/h1-9H/b15-14-. The molecule has 0 radical (unpaired) electrons. The van der Waals surface area contributed by atoms with Crippen LogP contribution in [0.25, 0.3) is 10.6 Å². The number of carbonyl (C=O) groups excluding carboxylic acids is 1. The van der Waals surface area contributed by atoms with E-state index in [9.17, 15) is 19.3 Å². The number of non-ortho nitro benzene ring substituents is 1. The fraction of sp³-hybridized carbons (Fsp3) is 0. The Labute approximate surface area is 124 Å². The summed E-state index contributed by atoms with van der Waals surface area (Å²) in [4.78, 5) is 21.3. The lowest BCUT2D eigenvalue weighted by atomic mass is 10.0. The minimum absolute atomic E-state index is 0.0816. The Morgan fingerprint density at radius 3 is 2.05 bits per heavy atom. The lowest BCUT2D eigenvalue weighted by Gasteiger charge is -2.05. The van der Waals surface area contributed by atoms with Crippen molar-refractivity contribution < 1.29 is 14.1 Å². The molecule has 0 bridgehead atoms. The highest BCUT2D eigenvalue weighted by molar-refractivity contribution is 6.55. The summed E-state index contributed by atoms with van der Waals surface area (Å²) in [6, 6.07) is 10.8. The predicted molar refractivity (Wildman–Crippen MR) is 78.2 cm³/mol. The molecular formula is C15H9ClFNO3. The van der Waals surface area contributed by atoms with Gasteiger partial charge in [0.15, 0.2) is 6.29 Å². The van der Waals surface area contributed by atoms with E-state index in [1.165, 1.54) is 48.5 Å². The molecule has 0 aliphatic rings. The molecule has 0 saturated heterocycles. The fourth-order valence-corrected chi connectivity index (χ4v) is 2.04. The van der Waals surface area contributed by atoms with Crippen molar-refractivity contribution in [3.8, 4) is 0 Å². The molecule has 0 N–H and O–H groups in total. The van der Waals surface area contributed by atoms with E-state index in [2.05, 4.69) is 0 Å². The average Bonchev–Trinajstić information content (AvgIpc) is 2.49. The quantitative estimate of drug-likeness (QED) is 0.281. The largest absolute Gasteiger partial charge is 0.298 e. The van der Waals surface area contributed by atoms with Crippen molar-refractivity contribution in [3.63, 3.8) is 0 Å². The zero-order valence-electron chi connectivity index (χ0n) is 10.6. The van der Waals surface area contributed by atoms with E-state index in [1.807, 2.05) is 0 Å². The van der Waals surface area contributed by atoms with Gasteiger partial charge in [-0.25, -0.2) is 4.39 Å². The SMILES string of the molecule is O=C/C(=C(/Cl)c1ccc(F)cc1)c1ccc([N+](=O)[O-])cc1. The number of carbonyl (C=O) groups is 1. The summed E-state index contributed by atoms with van der Waals surface area (Å²) in [6.07, 6.45) is 0.562. The summed E-state index contributed by atoms with van der Waals surface area (Å²) in [6.45, 7) is 0. The second-order valence-electron chi connectivity index (χ2n) is 4.16. The number of rotatable bonds is 4.